The number of fused-ring (bicyclic) bond motifs is 1. The first-order chi connectivity index (χ1) is 14.0. The molecule has 1 atom stereocenters. The summed E-state index contributed by atoms with van der Waals surface area (Å²) >= 11 is 0. The van der Waals surface area contributed by atoms with Crippen molar-refractivity contribution in [2.24, 2.45) is 11.7 Å². The number of aryl methyl sites for hydroxylation is 1. The van der Waals surface area contributed by atoms with Crippen molar-refractivity contribution in [1.82, 2.24) is 9.88 Å². The number of benzene rings is 2. The summed E-state index contributed by atoms with van der Waals surface area (Å²) in [6.07, 6.45) is 1.87. The normalized spacial score (nSPS) is 17.4. The number of hydrogen-bond acceptors (Lipinski definition) is 4. The SMILES string of the molecule is COc1ccc(-c2nc3c(C)cccc3cc2CN2CCCC(C(N)=O)C2)cc1. The third kappa shape index (κ3) is 4.10. The first-order valence-electron chi connectivity index (χ1n) is 10.1. The Morgan fingerprint density at radius 2 is 2.03 bits per heavy atom. The van der Waals surface area contributed by atoms with Crippen molar-refractivity contribution in [2.75, 3.05) is 20.2 Å². The molecule has 5 nitrogen and oxygen atoms in total. The van der Waals surface area contributed by atoms with Crippen molar-refractivity contribution in [2.45, 2.75) is 26.3 Å². The van der Waals surface area contributed by atoms with Crippen LogP contribution in [0.2, 0.25) is 0 Å². The molecule has 150 valence electrons. The Morgan fingerprint density at radius 1 is 1.24 bits per heavy atom. The molecule has 0 spiro atoms. The van der Waals surface area contributed by atoms with Gasteiger partial charge in [-0.05, 0) is 67.8 Å². The van der Waals surface area contributed by atoms with Crippen molar-refractivity contribution >= 4 is 16.8 Å². The quantitative estimate of drug-likeness (QED) is 0.718. The minimum absolute atomic E-state index is 0.0659. The topological polar surface area (TPSA) is 68.4 Å². The van der Waals surface area contributed by atoms with Crippen LogP contribution in [0.1, 0.15) is 24.0 Å². The second-order valence-electron chi connectivity index (χ2n) is 7.85. The van der Waals surface area contributed by atoms with Gasteiger partial charge in [0.05, 0.1) is 24.2 Å². The first kappa shape index (κ1) is 19.4. The Labute approximate surface area is 171 Å². The Hall–Kier alpha value is -2.92. The van der Waals surface area contributed by atoms with Crippen molar-refractivity contribution in [3.05, 3.63) is 59.7 Å². The second-order valence-corrected chi connectivity index (χ2v) is 7.85. The molecular weight excluding hydrogens is 362 g/mol. The van der Waals surface area contributed by atoms with Crippen LogP contribution in [-0.4, -0.2) is 36.0 Å². The van der Waals surface area contributed by atoms with Crippen LogP contribution >= 0.6 is 0 Å². The molecule has 1 amide bonds. The number of aromatic nitrogens is 1. The van der Waals surface area contributed by atoms with Gasteiger partial charge in [0, 0.05) is 24.0 Å². The fourth-order valence-corrected chi connectivity index (χ4v) is 4.18. The van der Waals surface area contributed by atoms with Gasteiger partial charge in [-0.15, -0.1) is 0 Å². The molecule has 1 fully saturated rings. The number of pyridine rings is 1. The zero-order chi connectivity index (χ0) is 20.4. The average Bonchev–Trinajstić information content (AvgIpc) is 2.74. The van der Waals surface area contributed by atoms with E-state index in [1.807, 2.05) is 12.1 Å². The fourth-order valence-electron chi connectivity index (χ4n) is 4.18. The number of likely N-dealkylation sites (tertiary alicyclic amines) is 1. The number of ether oxygens (including phenoxy) is 1. The maximum atomic E-state index is 11.7. The lowest BCUT2D eigenvalue weighted by Gasteiger charge is -2.31. The largest absolute Gasteiger partial charge is 0.497 e. The summed E-state index contributed by atoms with van der Waals surface area (Å²) in [6, 6.07) is 16.5. The van der Waals surface area contributed by atoms with E-state index in [-0.39, 0.29) is 11.8 Å². The van der Waals surface area contributed by atoms with Crippen LogP contribution in [0, 0.1) is 12.8 Å². The van der Waals surface area contributed by atoms with E-state index in [9.17, 15) is 4.79 Å². The van der Waals surface area contributed by atoms with E-state index in [4.69, 9.17) is 15.5 Å². The number of amides is 1. The molecule has 4 rings (SSSR count). The van der Waals surface area contributed by atoms with Crippen LogP contribution in [0.4, 0.5) is 0 Å². The molecular formula is C24H27N3O2. The Kier molecular flexibility index (Phi) is 5.49. The van der Waals surface area contributed by atoms with E-state index in [0.717, 1.165) is 59.4 Å². The van der Waals surface area contributed by atoms with Gasteiger partial charge in [-0.2, -0.15) is 0 Å². The van der Waals surface area contributed by atoms with E-state index in [1.165, 1.54) is 5.56 Å². The minimum atomic E-state index is -0.197. The number of para-hydroxylation sites is 1. The lowest BCUT2D eigenvalue weighted by atomic mass is 9.96. The zero-order valence-corrected chi connectivity index (χ0v) is 17.0. The van der Waals surface area contributed by atoms with Crippen LogP contribution in [0.15, 0.2) is 48.5 Å². The molecule has 0 radical (unpaired) electrons. The number of nitrogens with two attached hydrogens (primary N) is 1. The predicted octanol–water partition coefficient (Wildman–Crippen LogP) is 3.92. The molecule has 1 aromatic heterocycles. The van der Waals surface area contributed by atoms with Gasteiger partial charge in [-0.3, -0.25) is 9.69 Å². The number of piperidine rings is 1. The van der Waals surface area contributed by atoms with Crippen molar-refractivity contribution in [3.8, 4) is 17.0 Å². The van der Waals surface area contributed by atoms with Crippen molar-refractivity contribution < 1.29 is 9.53 Å². The van der Waals surface area contributed by atoms with E-state index in [1.54, 1.807) is 7.11 Å². The zero-order valence-electron chi connectivity index (χ0n) is 17.0. The summed E-state index contributed by atoms with van der Waals surface area (Å²) in [5.74, 6) is 0.564. The number of nitrogens with zero attached hydrogens (tertiary/aromatic N) is 2. The summed E-state index contributed by atoms with van der Waals surface area (Å²) < 4.78 is 5.31. The molecule has 2 N–H and O–H groups in total. The highest BCUT2D eigenvalue weighted by Crippen LogP contribution is 2.30. The van der Waals surface area contributed by atoms with Crippen LogP contribution in [-0.2, 0) is 11.3 Å². The minimum Gasteiger partial charge on any atom is -0.497 e. The molecule has 1 saturated heterocycles. The molecule has 1 aliphatic heterocycles. The maximum Gasteiger partial charge on any atom is 0.221 e. The highest BCUT2D eigenvalue weighted by Gasteiger charge is 2.25. The van der Waals surface area contributed by atoms with Crippen LogP contribution in [0.3, 0.4) is 0 Å². The Morgan fingerprint density at radius 3 is 2.76 bits per heavy atom. The highest BCUT2D eigenvalue weighted by molar-refractivity contribution is 5.86. The molecule has 3 aromatic rings. The third-order valence-corrected chi connectivity index (χ3v) is 5.79. The molecule has 0 saturated carbocycles. The number of hydrogen-bond donors (Lipinski definition) is 1. The number of primary amides is 1. The summed E-state index contributed by atoms with van der Waals surface area (Å²) in [5, 5.41) is 1.14. The average molecular weight is 389 g/mol. The maximum absolute atomic E-state index is 11.7. The van der Waals surface area contributed by atoms with Crippen LogP contribution in [0.5, 0.6) is 5.75 Å². The summed E-state index contributed by atoms with van der Waals surface area (Å²) in [6.45, 7) is 4.53. The predicted molar refractivity (Wildman–Crippen MR) is 116 cm³/mol. The number of rotatable bonds is 5. The number of carbonyl (C=O) groups excluding carboxylic acids is 1. The van der Waals surface area contributed by atoms with E-state index in [2.05, 4.69) is 48.2 Å². The Balaban J connectivity index is 1.75. The van der Waals surface area contributed by atoms with Gasteiger partial charge in [-0.1, -0.05) is 18.2 Å². The summed E-state index contributed by atoms with van der Waals surface area (Å²) in [5.41, 5.74) is 11.0. The first-order valence-corrected chi connectivity index (χ1v) is 10.1. The molecule has 0 aliphatic carbocycles. The van der Waals surface area contributed by atoms with Gasteiger partial charge < -0.3 is 10.5 Å². The van der Waals surface area contributed by atoms with Crippen LogP contribution in [0.25, 0.3) is 22.2 Å². The Bertz CT molecular complexity index is 1030. The van der Waals surface area contributed by atoms with Crippen molar-refractivity contribution in [3.63, 3.8) is 0 Å². The molecule has 2 heterocycles. The fraction of sp³-hybridized carbons (Fsp3) is 0.333. The summed E-state index contributed by atoms with van der Waals surface area (Å²) in [7, 11) is 1.67. The lowest BCUT2D eigenvalue weighted by molar-refractivity contribution is -0.123. The third-order valence-electron chi connectivity index (χ3n) is 5.79. The summed E-state index contributed by atoms with van der Waals surface area (Å²) in [4.78, 5) is 19.1. The van der Waals surface area contributed by atoms with E-state index in [0.29, 0.717) is 6.54 Å². The van der Waals surface area contributed by atoms with Crippen LogP contribution < -0.4 is 10.5 Å². The van der Waals surface area contributed by atoms with Gasteiger partial charge in [0.1, 0.15) is 5.75 Å². The monoisotopic (exact) mass is 389 g/mol. The molecule has 0 bridgehead atoms. The smallest absolute Gasteiger partial charge is 0.221 e. The molecule has 29 heavy (non-hydrogen) atoms. The van der Waals surface area contributed by atoms with Crippen molar-refractivity contribution in [1.29, 1.82) is 0 Å². The van der Waals surface area contributed by atoms with Gasteiger partial charge in [0.2, 0.25) is 5.91 Å². The van der Waals surface area contributed by atoms with Gasteiger partial charge in [-0.25, -0.2) is 4.98 Å². The lowest BCUT2D eigenvalue weighted by Crippen LogP contribution is -2.40. The van der Waals surface area contributed by atoms with Gasteiger partial charge >= 0.3 is 0 Å². The molecule has 1 aliphatic rings. The second kappa shape index (κ2) is 8.21. The number of methoxy groups -OCH3 is 1. The molecule has 5 heteroatoms. The van der Waals surface area contributed by atoms with E-state index >= 15 is 0 Å². The molecule has 2 aromatic carbocycles. The van der Waals surface area contributed by atoms with Gasteiger partial charge in [0.25, 0.3) is 0 Å². The van der Waals surface area contributed by atoms with Gasteiger partial charge in [0.15, 0.2) is 0 Å². The van der Waals surface area contributed by atoms with E-state index < -0.39 is 0 Å². The number of carbonyl (C=O) groups is 1. The standard InChI is InChI=1S/C24H27N3O2/c1-16-5-3-6-18-13-20(15-27-12-4-7-19(14-27)24(25)28)23(26-22(16)18)17-8-10-21(29-2)11-9-17/h3,5-6,8-11,13,19H,4,7,12,14-15H2,1-2H3,(H2,25,28). The molecule has 1 unspecified atom stereocenters. The highest BCUT2D eigenvalue weighted by atomic mass is 16.5.